The summed E-state index contributed by atoms with van der Waals surface area (Å²) in [5, 5.41) is 6.38. The van der Waals surface area contributed by atoms with Crippen molar-refractivity contribution in [3.05, 3.63) is 23.9 Å². The Hall–Kier alpha value is -1.27. The largest absolute Gasteiger partial charge is 0.357 e. The fraction of sp³-hybridized carbons (Fsp3) is 0.625. The zero-order chi connectivity index (χ0) is 15.2. The van der Waals surface area contributed by atoms with E-state index in [1.807, 2.05) is 18.0 Å². The van der Waals surface area contributed by atoms with Crippen molar-refractivity contribution >= 4 is 23.5 Å². The molecule has 0 saturated carbocycles. The third-order valence-corrected chi connectivity index (χ3v) is 5.29. The predicted octanol–water partition coefficient (Wildman–Crippen LogP) is 1.39. The average molecular weight is 320 g/mol. The molecule has 6 heteroatoms. The Morgan fingerprint density at radius 1 is 1.41 bits per heavy atom. The first kappa shape index (κ1) is 15.6. The van der Waals surface area contributed by atoms with E-state index in [1.165, 1.54) is 12.8 Å². The number of hydrogen-bond acceptors (Lipinski definition) is 5. The van der Waals surface area contributed by atoms with E-state index in [2.05, 4.69) is 32.7 Å². The summed E-state index contributed by atoms with van der Waals surface area (Å²) >= 11 is 1.92. The summed E-state index contributed by atoms with van der Waals surface area (Å²) in [6.45, 7) is 3.78. The summed E-state index contributed by atoms with van der Waals surface area (Å²) in [6.07, 6.45) is 4.95. The number of pyridine rings is 1. The maximum atomic E-state index is 12.0. The monoisotopic (exact) mass is 320 g/mol. The van der Waals surface area contributed by atoms with E-state index in [0.29, 0.717) is 19.0 Å². The van der Waals surface area contributed by atoms with Crippen molar-refractivity contribution in [2.24, 2.45) is 0 Å². The van der Waals surface area contributed by atoms with Crippen LogP contribution in [0.5, 0.6) is 0 Å². The van der Waals surface area contributed by atoms with Crippen LogP contribution in [0.2, 0.25) is 0 Å². The highest BCUT2D eigenvalue weighted by molar-refractivity contribution is 7.99. The van der Waals surface area contributed by atoms with Crippen LogP contribution < -0.4 is 15.5 Å². The number of carbonyl (C=O) groups is 1. The minimum absolute atomic E-state index is 0.114. The molecule has 1 aromatic rings. The molecule has 1 atom stereocenters. The quantitative estimate of drug-likeness (QED) is 0.859. The van der Waals surface area contributed by atoms with Crippen molar-refractivity contribution in [1.29, 1.82) is 0 Å². The fourth-order valence-electron chi connectivity index (χ4n) is 2.90. The molecule has 5 nitrogen and oxygen atoms in total. The lowest BCUT2D eigenvalue weighted by Crippen LogP contribution is -2.41. The lowest BCUT2D eigenvalue weighted by Gasteiger charge is -2.22. The molecular weight excluding hydrogens is 296 g/mol. The number of nitrogens with zero attached hydrogens (tertiary/aromatic N) is 2. The summed E-state index contributed by atoms with van der Waals surface area (Å²) < 4.78 is 0. The highest BCUT2D eigenvalue weighted by Gasteiger charge is 2.16. The van der Waals surface area contributed by atoms with Crippen LogP contribution in [0.25, 0.3) is 0 Å². The third-order valence-electron chi connectivity index (χ3n) is 4.16. The Labute approximate surface area is 136 Å². The van der Waals surface area contributed by atoms with Crippen molar-refractivity contribution in [2.45, 2.75) is 31.8 Å². The lowest BCUT2D eigenvalue weighted by molar-refractivity contribution is -0.121. The van der Waals surface area contributed by atoms with E-state index in [9.17, 15) is 4.79 Å². The Kier molecular flexibility index (Phi) is 5.56. The van der Waals surface area contributed by atoms with Crippen molar-refractivity contribution in [3.63, 3.8) is 0 Å². The van der Waals surface area contributed by atoms with Gasteiger partial charge in [-0.25, -0.2) is 4.98 Å². The Morgan fingerprint density at radius 2 is 2.27 bits per heavy atom. The number of hydrogen-bond donors (Lipinski definition) is 2. The van der Waals surface area contributed by atoms with Crippen LogP contribution in [0.15, 0.2) is 18.3 Å². The number of amides is 1. The fourth-order valence-corrected chi connectivity index (χ4v) is 3.85. The van der Waals surface area contributed by atoms with Gasteiger partial charge in [0.1, 0.15) is 5.82 Å². The van der Waals surface area contributed by atoms with E-state index in [0.717, 1.165) is 42.5 Å². The first-order valence-electron chi connectivity index (χ1n) is 8.09. The molecule has 0 bridgehead atoms. The van der Waals surface area contributed by atoms with Gasteiger partial charge < -0.3 is 15.5 Å². The van der Waals surface area contributed by atoms with E-state index < -0.39 is 0 Å². The highest BCUT2D eigenvalue weighted by atomic mass is 32.2. The van der Waals surface area contributed by atoms with E-state index in [-0.39, 0.29) is 5.91 Å². The summed E-state index contributed by atoms with van der Waals surface area (Å²) in [5.74, 6) is 3.34. The summed E-state index contributed by atoms with van der Waals surface area (Å²) in [7, 11) is 0. The lowest BCUT2D eigenvalue weighted by atomic mass is 10.2. The average Bonchev–Trinajstić information content (AvgIpc) is 3.09. The second-order valence-electron chi connectivity index (χ2n) is 5.93. The van der Waals surface area contributed by atoms with Gasteiger partial charge in [-0.3, -0.25) is 4.79 Å². The maximum absolute atomic E-state index is 12.0. The molecule has 120 valence electrons. The topological polar surface area (TPSA) is 57.3 Å². The molecular formula is C16H24N4OS. The first-order valence-corrected chi connectivity index (χ1v) is 9.24. The molecule has 0 spiro atoms. The van der Waals surface area contributed by atoms with Crippen molar-refractivity contribution in [2.75, 3.05) is 36.0 Å². The molecule has 2 aliphatic heterocycles. The number of rotatable bonds is 5. The SMILES string of the molecule is O=C(CC1CSCCN1)NCc1ccc(N2CCCC2)nc1. The molecule has 1 amide bonds. The maximum Gasteiger partial charge on any atom is 0.221 e. The van der Waals surface area contributed by atoms with Gasteiger partial charge >= 0.3 is 0 Å². The molecule has 0 aliphatic carbocycles. The number of thioether (sulfide) groups is 1. The van der Waals surface area contributed by atoms with Crippen LogP contribution in [0.3, 0.4) is 0 Å². The number of anilines is 1. The first-order chi connectivity index (χ1) is 10.8. The summed E-state index contributed by atoms with van der Waals surface area (Å²) in [4.78, 5) is 18.8. The second kappa shape index (κ2) is 7.83. The van der Waals surface area contributed by atoms with Crippen molar-refractivity contribution in [1.82, 2.24) is 15.6 Å². The van der Waals surface area contributed by atoms with Gasteiger partial charge in [-0.2, -0.15) is 11.8 Å². The van der Waals surface area contributed by atoms with Gasteiger partial charge in [-0.05, 0) is 24.5 Å². The molecule has 3 rings (SSSR count). The molecule has 2 saturated heterocycles. The van der Waals surface area contributed by atoms with Gasteiger partial charge in [0.15, 0.2) is 0 Å². The third kappa shape index (κ3) is 4.36. The molecule has 0 aromatic carbocycles. The zero-order valence-electron chi connectivity index (χ0n) is 12.9. The van der Waals surface area contributed by atoms with Crippen LogP contribution in [0.1, 0.15) is 24.8 Å². The predicted molar refractivity (Wildman–Crippen MR) is 91.3 cm³/mol. The van der Waals surface area contributed by atoms with Gasteiger partial charge in [0, 0.05) is 56.3 Å². The minimum Gasteiger partial charge on any atom is -0.357 e. The van der Waals surface area contributed by atoms with Crippen LogP contribution in [0.4, 0.5) is 5.82 Å². The Bertz CT molecular complexity index is 481. The smallest absolute Gasteiger partial charge is 0.221 e. The van der Waals surface area contributed by atoms with Gasteiger partial charge in [0.2, 0.25) is 5.91 Å². The molecule has 2 fully saturated rings. The van der Waals surface area contributed by atoms with E-state index >= 15 is 0 Å². The molecule has 0 radical (unpaired) electrons. The van der Waals surface area contributed by atoms with E-state index in [4.69, 9.17) is 0 Å². The Balaban J connectivity index is 1.43. The number of nitrogens with one attached hydrogen (secondary N) is 2. The highest BCUT2D eigenvalue weighted by Crippen LogP contribution is 2.17. The van der Waals surface area contributed by atoms with Gasteiger partial charge in [0.25, 0.3) is 0 Å². The van der Waals surface area contributed by atoms with Crippen LogP contribution in [-0.4, -0.2) is 48.1 Å². The standard InChI is InChI=1S/C16H24N4OS/c21-16(9-14-12-22-8-5-17-14)19-11-13-3-4-15(18-10-13)20-6-1-2-7-20/h3-4,10,14,17H,1-2,5-9,11-12H2,(H,19,21). The van der Waals surface area contributed by atoms with Crippen LogP contribution in [0, 0.1) is 0 Å². The van der Waals surface area contributed by atoms with Crippen molar-refractivity contribution < 1.29 is 4.79 Å². The van der Waals surface area contributed by atoms with E-state index in [1.54, 1.807) is 0 Å². The van der Waals surface area contributed by atoms with Crippen molar-refractivity contribution in [3.8, 4) is 0 Å². The van der Waals surface area contributed by atoms with Gasteiger partial charge in [-0.1, -0.05) is 6.07 Å². The number of aromatic nitrogens is 1. The Morgan fingerprint density at radius 3 is 2.95 bits per heavy atom. The molecule has 1 unspecified atom stereocenters. The molecule has 2 N–H and O–H groups in total. The molecule has 22 heavy (non-hydrogen) atoms. The molecule has 2 aliphatic rings. The minimum atomic E-state index is 0.114. The van der Waals surface area contributed by atoms with Crippen LogP contribution >= 0.6 is 11.8 Å². The van der Waals surface area contributed by atoms with Gasteiger partial charge in [-0.15, -0.1) is 0 Å². The summed E-state index contributed by atoms with van der Waals surface area (Å²) in [5.41, 5.74) is 1.06. The summed E-state index contributed by atoms with van der Waals surface area (Å²) in [6, 6.07) is 4.44. The van der Waals surface area contributed by atoms with Gasteiger partial charge in [0.05, 0.1) is 0 Å². The van der Waals surface area contributed by atoms with Crippen LogP contribution in [-0.2, 0) is 11.3 Å². The second-order valence-corrected chi connectivity index (χ2v) is 7.08. The number of carbonyl (C=O) groups excluding carboxylic acids is 1. The molecule has 1 aromatic heterocycles. The molecule has 3 heterocycles. The normalized spacial score (nSPS) is 21.8. The zero-order valence-corrected chi connectivity index (χ0v) is 13.7.